The molecule has 0 aliphatic carbocycles. The van der Waals surface area contributed by atoms with Crippen LogP contribution in [0.1, 0.15) is 32.8 Å². The first-order chi connectivity index (χ1) is 13.3. The van der Waals surface area contributed by atoms with Crippen LogP contribution < -0.4 is 4.90 Å². The van der Waals surface area contributed by atoms with Gasteiger partial charge in [0.05, 0.1) is 10.7 Å². The second-order valence-electron chi connectivity index (χ2n) is 7.09. The summed E-state index contributed by atoms with van der Waals surface area (Å²) in [6.45, 7) is 5.69. The molecular formula is C20H22ClN3O3S. The Bertz CT molecular complexity index is 892. The lowest BCUT2D eigenvalue weighted by Crippen LogP contribution is -2.43. The third kappa shape index (κ3) is 3.74. The number of carbonyl (C=O) groups excluding carboxylic acids is 2. The molecule has 1 aliphatic heterocycles. The van der Waals surface area contributed by atoms with Crippen LogP contribution in [0.2, 0.25) is 5.02 Å². The van der Waals surface area contributed by atoms with Gasteiger partial charge in [0.2, 0.25) is 0 Å². The van der Waals surface area contributed by atoms with Crippen LogP contribution in [0.3, 0.4) is 0 Å². The number of halogens is 1. The molecule has 2 heterocycles. The van der Waals surface area contributed by atoms with Crippen LogP contribution >= 0.6 is 11.6 Å². The van der Waals surface area contributed by atoms with Gasteiger partial charge in [-0.25, -0.2) is 9.69 Å². The van der Waals surface area contributed by atoms with Crippen molar-refractivity contribution in [1.82, 2.24) is 9.88 Å². The summed E-state index contributed by atoms with van der Waals surface area (Å²) in [4.78, 5) is 33.3. The predicted molar refractivity (Wildman–Crippen MR) is 110 cm³/mol. The lowest BCUT2D eigenvalue weighted by Gasteiger charge is -2.27. The van der Waals surface area contributed by atoms with Crippen LogP contribution in [-0.2, 0) is 22.5 Å². The molecule has 1 aliphatic rings. The first-order valence-corrected chi connectivity index (χ1v) is 10.7. The van der Waals surface area contributed by atoms with Gasteiger partial charge in [-0.1, -0.05) is 18.5 Å². The Balaban J connectivity index is 1.91. The van der Waals surface area contributed by atoms with Crippen molar-refractivity contribution in [2.45, 2.75) is 44.2 Å². The average molecular weight is 420 g/mol. The first kappa shape index (κ1) is 20.6. The summed E-state index contributed by atoms with van der Waals surface area (Å²) in [5.41, 5.74) is 0.258. The SMILES string of the molecule is CCC[S+]([O-])c1ccc(N2C(=O)N(Cc3ccncc3)C(C)(C)C2=O)cc1Cl. The number of rotatable bonds is 6. The van der Waals surface area contributed by atoms with E-state index in [9.17, 15) is 14.1 Å². The molecule has 2 aromatic rings. The van der Waals surface area contributed by atoms with E-state index in [1.165, 1.54) is 11.0 Å². The molecule has 1 saturated heterocycles. The minimum Gasteiger partial charge on any atom is -0.611 e. The number of anilines is 1. The average Bonchev–Trinajstić information content (AvgIpc) is 2.82. The molecule has 3 amide bonds. The maximum atomic E-state index is 13.1. The standard InChI is InChI=1S/C20H22ClN3O3S/c1-4-11-28(27)17-6-5-15(12-16(17)21)24-18(25)20(2,3)23(19(24)26)13-14-7-9-22-10-8-14/h5-10,12H,4,11,13H2,1-3H3. The van der Waals surface area contributed by atoms with Crippen molar-refractivity contribution < 1.29 is 14.1 Å². The monoisotopic (exact) mass is 419 g/mol. The fourth-order valence-electron chi connectivity index (χ4n) is 3.11. The Kier molecular flexibility index (Phi) is 5.98. The lowest BCUT2D eigenvalue weighted by molar-refractivity contribution is -0.123. The van der Waals surface area contributed by atoms with Gasteiger partial charge >= 0.3 is 6.03 Å². The van der Waals surface area contributed by atoms with Gasteiger partial charge < -0.3 is 9.45 Å². The molecule has 1 atom stereocenters. The minimum atomic E-state index is -1.21. The molecule has 8 heteroatoms. The summed E-state index contributed by atoms with van der Waals surface area (Å²) in [5, 5.41) is 0.287. The molecule has 1 aromatic carbocycles. The molecule has 0 N–H and O–H groups in total. The molecule has 148 valence electrons. The van der Waals surface area contributed by atoms with Gasteiger partial charge in [-0.15, -0.1) is 0 Å². The van der Waals surface area contributed by atoms with Gasteiger partial charge in [0.1, 0.15) is 11.3 Å². The van der Waals surface area contributed by atoms with E-state index in [4.69, 9.17) is 11.6 Å². The van der Waals surface area contributed by atoms with E-state index in [-0.39, 0.29) is 10.9 Å². The number of carbonyl (C=O) groups is 2. The normalized spacial score (nSPS) is 17.3. The molecule has 28 heavy (non-hydrogen) atoms. The molecule has 3 rings (SSSR count). The van der Waals surface area contributed by atoms with Gasteiger partial charge in [0.15, 0.2) is 4.90 Å². The van der Waals surface area contributed by atoms with Crippen LogP contribution in [0.15, 0.2) is 47.6 Å². The van der Waals surface area contributed by atoms with E-state index in [0.717, 1.165) is 16.9 Å². The summed E-state index contributed by atoms with van der Waals surface area (Å²) in [6.07, 6.45) is 4.07. The summed E-state index contributed by atoms with van der Waals surface area (Å²) in [6, 6.07) is 7.99. The second-order valence-corrected chi connectivity index (χ2v) is 9.03. The van der Waals surface area contributed by atoms with Crippen molar-refractivity contribution in [3.05, 3.63) is 53.3 Å². The van der Waals surface area contributed by atoms with Crippen molar-refractivity contribution in [3.63, 3.8) is 0 Å². The number of nitrogens with zero attached hydrogens (tertiary/aromatic N) is 3. The van der Waals surface area contributed by atoms with E-state index in [1.54, 1.807) is 38.4 Å². The van der Waals surface area contributed by atoms with E-state index in [1.807, 2.05) is 19.1 Å². The zero-order chi connectivity index (χ0) is 20.5. The highest BCUT2D eigenvalue weighted by Crippen LogP contribution is 2.35. The molecule has 0 spiro atoms. The van der Waals surface area contributed by atoms with Gasteiger partial charge in [-0.05, 0) is 67.3 Å². The van der Waals surface area contributed by atoms with Crippen LogP contribution in [0.25, 0.3) is 0 Å². The zero-order valence-corrected chi connectivity index (χ0v) is 17.6. The molecule has 1 aromatic heterocycles. The number of hydrogen-bond acceptors (Lipinski definition) is 4. The third-order valence-electron chi connectivity index (χ3n) is 4.72. The van der Waals surface area contributed by atoms with Crippen molar-refractivity contribution >= 4 is 40.4 Å². The highest BCUT2D eigenvalue weighted by atomic mass is 35.5. The molecule has 0 radical (unpaired) electrons. The number of urea groups is 1. The van der Waals surface area contributed by atoms with Crippen molar-refractivity contribution in [2.24, 2.45) is 0 Å². The van der Waals surface area contributed by atoms with E-state index < -0.39 is 22.7 Å². The van der Waals surface area contributed by atoms with Crippen LogP contribution in [0, 0.1) is 0 Å². The number of aromatic nitrogens is 1. The van der Waals surface area contributed by atoms with Gasteiger partial charge in [-0.2, -0.15) is 0 Å². The molecule has 1 unspecified atom stereocenters. The van der Waals surface area contributed by atoms with Gasteiger partial charge in [-0.3, -0.25) is 9.78 Å². The van der Waals surface area contributed by atoms with E-state index >= 15 is 0 Å². The highest BCUT2D eigenvalue weighted by Gasteiger charge is 2.51. The fraction of sp³-hybridized carbons (Fsp3) is 0.350. The van der Waals surface area contributed by atoms with Gasteiger partial charge in [0.25, 0.3) is 5.91 Å². The number of amides is 3. The molecule has 6 nitrogen and oxygen atoms in total. The van der Waals surface area contributed by atoms with Gasteiger partial charge in [0, 0.05) is 18.9 Å². The minimum absolute atomic E-state index is 0.287. The largest absolute Gasteiger partial charge is 0.611 e. The van der Waals surface area contributed by atoms with Crippen molar-refractivity contribution in [1.29, 1.82) is 0 Å². The highest BCUT2D eigenvalue weighted by molar-refractivity contribution is 7.91. The van der Waals surface area contributed by atoms with Crippen molar-refractivity contribution in [3.8, 4) is 0 Å². The number of hydrogen-bond donors (Lipinski definition) is 0. The number of imide groups is 1. The van der Waals surface area contributed by atoms with E-state index in [2.05, 4.69) is 4.98 Å². The van der Waals surface area contributed by atoms with Crippen LogP contribution in [0.4, 0.5) is 10.5 Å². The maximum Gasteiger partial charge on any atom is 0.332 e. The third-order valence-corrected chi connectivity index (χ3v) is 6.77. The lowest BCUT2D eigenvalue weighted by atomic mass is 10.0. The van der Waals surface area contributed by atoms with Crippen LogP contribution in [-0.4, -0.2) is 37.7 Å². The summed E-state index contributed by atoms with van der Waals surface area (Å²) < 4.78 is 12.3. The Morgan fingerprint density at radius 3 is 2.46 bits per heavy atom. The summed E-state index contributed by atoms with van der Waals surface area (Å²) in [5.74, 6) is 0.179. The molecule has 0 saturated carbocycles. The second kappa shape index (κ2) is 8.11. The first-order valence-electron chi connectivity index (χ1n) is 9.00. The fourth-order valence-corrected chi connectivity index (χ4v) is 4.63. The number of benzene rings is 1. The zero-order valence-electron chi connectivity index (χ0n) is 16.0. The van der Waals surface area contributed by atoms with E-state index in [0.29, 0.717) is 22.9 Å². The van der Waals surface area contributed by atoms with Crippen LogP contribution in [0.5, 0.6) is 0 Å². The quantitative estimate of drug-likeness (QED) is 0.523. The molecular weight excluding hydrogens is 398 g/mol. The predicted octanol–water partition coefficient (Wildman–Crippen LogP) is 4.00. The molecule has 1 fully saturated rings. The summed E-state index contributed by atoms with van der Waals surface area (Å²) >= 11 is 5.10. The summed E-state index contributed by atoms with van der Waals surface area (Å²) in [7, 11) is 0. The maximum absolute atomic E-state index is 13.1. The Morgan fingerprint density at radius 2 is 1.86 bits per heavy atom. The number of pyridine rings is 1. The smallest absolute Gasteiger partial charge is 0.332 e. The Morgan fingerprint density at radius 1 is 1.18 bits per heavy atom. The van der Waals surface area contributed by atoms with Crippen molar-refractivity contribution in [2.75, 3.05) is 10.7 Å². The topological polar surface area (TPSA) is 76.6 Å². The molecule has 0 bridgehead atoms. The Labute approximate surface area is 172 Å². The Hall–Kier alpha value is -2.09.